The summed E-state index contributed by atoms with van der Waals surface area (Å²) in [6.07, 6.45) is 2.65. The van der Waals surface area contributed by atoms with Crippen molar-refractivity contribution in [2.45, 2.75) is 18.4 Å². The summed E-state index contributed by atoms with van der Waals surface area (Å²) in [6, 6.07) is 11.8. The fourth-order valence-electron chi connectivity index (χ4n) is 1.92. The molecule has 1 aromatic heterocycles. The number of aldehydes is 1. The number of nitrogens with two attached hydrogens (primary N) is 1. The Morgan fingerprint density at radius 3 is 2.56 bits per heavy atom. The average molecular weight is 358 g/mol. The SMILES string of the molecule is CCOc1nc(C=O)cc(N)c1C#N.CNCc1ccc(SC)cc1. The van der Waals surface area contributed by atoms with Gasteiger partial charge in [-0.3, -0.25) is 4.79 Å². The molecule has 0 saturated carbocycles. The number of thioether (sulfide) groups is 1. The van der Waals surface area contributed by atoms with Gasteiger partial charge in [0, 0.05) is 11.4 Å². The predicted octanol–water partition coefficient (Wildman–Crippen LogP) is 2.87. The standard InChI is InChI=1S/C9H9N3O2.C9H13NS/c1-2-14-9-7(4-10)8(11)3-6(5-13)12-9;1-10-7-8-3-5-9(11-2)6-4-8/h3,5H,2H2,1H3,(H2,11,12);3-6,10H,7H2,1-2H3. The summed E-state index contributed by atoms with van der Waals surface area (Å²) in [5.74, 6) is 0.108. The summed E-state index contributed by atoms with van der Waals surface area (Å²) in [5, 5.41) is 11.9. The van der Waals surface area contributed by atoms with Crippen LogP contribution >= 0.6 is 11.8 Å². The molecule has 0 aliphatic rings. The second kappa shape index (κ2) is 11.1. The van der Waals surface area contributed by atoms with Crippen LogP contribution in [0.15, 0.2) is 35.2 Å². The zero-order valence-corrected chi connectivity index (χ0v) is 15.4. The first-order valence-electron chi connectivity index (χ1n) is 7.65. The van der Waals surface area contributed by atoms with E-state index >= 15 is 0 Å². The molecule has 0 amide bonds. The third-order valence-electron chi connectivity index (χ3n) is 3.09. The fraction of sp³-hybridized carbons (Fsp3) is 0.278. The van der Waals surface area contributed by atoms with Crippen LogP contribution in [0.3, 0.4) is 0 Å². The van der Waals surface area contributed by atoms with E-state index in [2.05, 4.69) is 40.8 Å². The van der Waals surface area contributed by atoms with Crippen molar-refractivity contribution in [3.8, 4) is 11.9 Å². The molecule has 132 valence electrons. The predicted molar refractivity (Wildman–Crippen MR) is 101 cm³/mol. The molecular weight excluding hydrogens is 336 g/mol. The second-order valence-electron chi connectivity index (χ2n) is 4.86. The third-order valence-corrected chi connectivity index (χ3v) is 3.83. The van der Waals surface area contributed by atoms with Crippen molar-refractivity contribution in [2.24, 2.45) is 0 Å². The Balaban J connectivity index is 0.000000257. The zero-order chi connectivity index (χ0) is 18.7. The lowest BCUT2D eigenvalue weighted by atomic mass is 10.2. The van der Waals surface area contributed by atoms with E-state index in [4.69, 9.17) is 15.7 Å². The van der Waals surface area contributed by atoms with Gasteiger partial charge >= 0.3 is 0 Å². The number of rotatable bonds is 6. The van der Waals surface area contributed by atoms with Crippen LogP contribution < -0.4 is 15.8 Å². The Morgan fingerprint density at radius 1 is 1.40 bits per heavy atom. The van der Waals surface area contributed by atoms with Crippen LogP contribution in [0.4, 0.5) is 5.69 Å². The van der Waals surface area contributed by atoms with Crippen molar-refractivity contribution in [1.29, 1.82) is 5.26 Å². The minimum absolute atomic E-state index is 0.108. The molecule has 0 atom stereocenters. The molecule has 0 fully saturated rings. The van der Waals surface area contributed by atoms with E-state index in [-0.39, 0.29) is 22.8 Å². The lowest BCUT2D eigenvalue weighted by Gasteiger charge is -2.06. The van der Waals surface area contributed by atoms with Crippen LogP contribution in [0, 0.1) is 11.3 Å². The number of anilines is 1. The van der Waals surface area contributed by atoms with Crippen molar-refractivity contribution >= 4 is 23.7 Å². The summed E-state index contributed by atoms with van der Waals surface area (Å²) in [6.45, 7) is 3.07. The quantitative estimate of drug-likeness (QED) is 0.605. The number of pyridine rings is 1. The van der Waals surface area contributed by atoms with E-state index in [1.54, 1.807) is 18.7 Å². The monoisotopic (exact) mass is 358 g/mol. The first kappa shape index (κ1) is 20.5. The minimum Gasteiger partial charge on any atom is -0.477 e. The van der Waals surface area contributed by atoms with E-state index in [1.807, 2.05) is 13.1 Å². The number of aromatic nitrogens is 1. The maximum Gasteiger partial charge on any atom is 0.234 e. The topological polar surface area (TPSA) is 101 Å². The van der Waals surface area contributed by atoms with Gasteiger partial charge in [-0.05, 0) is 44.0 Å². The van der Waals surface area contributed by atoms with Gasteiger partial charge in [-0.25, -0.2) is 4.98 Å². The lowest BCUT2D eigenvalue weighted by molar-refractivity contribution is 0.111. The highest BCUT2D eigenvalue weighted by atomic mass is 32.2. The Labute approximate surface area is 152 Å². The normalized spacial score (nSPS) is 9.52. The number of hydrogen-bond donors (Lipinski definition) is 2. The van der Waals surface area contributed by atoms with Gasteiger partial charge in [-0.15, -0.1) is 11.8 Å². The molecular formula is C18H22N4O2S. The number of nitrogens with zero attached hydrogens (tertiary/aromatic N) is 2. The third kappa shape index (κ3) is 6.45. The van der Waals surface area contributed by atoms with Gasteiger partial charge in [0.1, 0.15) is 17.3 Å². The van der Waals surface area contributed by atoms with Gasteiger partial charge < -0.3 is 15.8 Å². The maximum absolute atomic E-state index is 10.5. The lowest BCUT2D eigenvalue weighted by Crippen LogP contribution is -2.04. The molecule has 0 bridgehead atoms. The first-order chi connectivity index (χ1) is 12.1. The minimum atomic E-state index is 0.108. The fourth-order valence-corrected chi connectivity index (χ4v) is 2.33. The van der Waals surface area contributed by atoms with Crippen LogP contribution in [-0.2, 0) is 6.54 Å². The highest BCUT2D eigenvalue weighted by Gasteiger charge is 2.10. The molecule has 0 saturated heterocycles. The van der Waals surface area contributed by atoms with Gasteiger partial charge in [0.2, 0.25) is 5.88 Å². The molecule has 2 aromatic rings. The molecule has 1 aromatic carbocycles. The van der Waals surface area contributed by atoms with Gasteiger partial charge in [0.05, 0.1) is 12.3 Å². The van der Waals surface area contributed by atoms with Gasteiger partial charge in [0.15, 0.2) is 6.29 Å². The second-order valence-corrected chi connectivity index (χ2v) is 5.74. The van der Waals surface area contributed by atoms with Gasteiger partial charge in [-0.2, -0.15) is 5.26 Å². The maximum atomic E-state index is 10.5. The average Bonchev–Trinajstić information content (AvgIpc) is 2.63. The highest BCUT2D eigenvalue weighted by Crippen LogP contribution is 2.21. The number of nitriles is 1. The number of carbonyl (C=O) groups excluding carboxylic acids is 1. The van der Waals surface area contributed by atoms with Gasteiger partial charge in [0.25, 0.3) is 0 Å². The van der Waals surface area contributed by atoms with E-state index in [1.165, 1.54) is 16.5 Å². The largest absolute Gasteiger partial charge is 0.477 e. The number of carbonyl (C=O) groups is 1. The molecule has 0 radical (unpaired) electrons. The van der Waals surface area contributed by atoms with Crippen LogP contribution in [0.5, 0.6) is 5.88 Å². The first-order valence-corrected chi connectivity index (χ1v) is 8.88. The zero-order valence-electron chi connectivity index (χ0n) is 14.6. The van der Waals surface area contributed by atoms with E-state index < -0.39 is 0 Å². The summed E-state index contributed by atoms with van der Waals surface area (Å²) >= 11 is 1.78. The number of hydrogen-bond acceptors (Lipinski definition) is 7. The highest BCUT2D eigenvalue weighted by molar-refractivity contribution is 7.98. The Bertz CT molecular complexity index is 727. The molecule has 25 heavy (non-hydrogen) atoms. The van der Waals surface area contributed by atoms with Crippen molar-refractivity contribution in [3.63, 3.8) is 0 Å². The Morgan fingerprint density at radius 2 is 2.08 bits per heavy atom. The van der Waals surface area contributed by atoms with Crippen LogP contribution in [0.2, 0.25) is 0 Å². The number of ether oxygens (including phenoxy) is 1. The molecule has 6 nitrogen and oxygen atoms in total. The van der Waals surface area contributed by atoms with Crippen molar-refractivity contribution in [2.75, 3.05) is 25.6 Å². The Hall–Kier alpha value is -2.56. The summed E-state index contributed by atoms with van der Waals surface area (Å²) < 4.78 is 5.08. The van der Waals surface area contributed by atoms with Crippen LogP contribution in [-0.4, -0.2) is 31.2 Å². The summed E-state index contributed by atoms with van der Waals surface area (Å²) in [7, 11) is 1.96. The van der Waals surface area contributed by atoms with Gasteiger partial charge in [-0.1, -0.05) is 12.1 Å². The smallest absolute Gasteiger partial charge is 0.234 e. The van der Waals surface area contributed by atoms with Crippen molar-refractivity contribution in [1.82, 2.24) is 10.3 Å². The van der Waals surface area contributed by atoms with Crippen molar-refractivity contribution < 1.29 is 9.53 Å². The summed E-state index contributed by atoms with van der Waals surface area (Å²) in [4.78, 5) is 15.6. The summed E-state index contributed by atoms with van der Waals surface area (Å²) in [5.41, 5.74) is 7.40. The Kier molecular flexibility index (Phi) is 9.07. The van der Waals surface area contributed by atoms with E-state index in [0.717, 1.165) is 6.54 Å². The number of nitrogen functional groups attached to an aromatic ring is 1. The molecule has 0 aliphatic heterocycles. The molecule has 1 heterocycles. The molecule has 2 rings (SSSR count). The molecule has 0 aliphatic carbocycles. The molecule has 7 heteroatoms. The van der Waals surface area contributed by atoms with Crippen LogP contribution in [0.25, 0.3) is 0 Å². The molecule has 0 spiro atoms. The number of benzene rings is 1. The van der Waals surface area contributed by atoms with E-state index in [0.29, 0.717) is 12.9 Å². The number of nitrogens with one attached hydrogen (secondary N) is 1. The van der Waals surface area contributed by atoms with Crippen molar-refractivity contribution in [3.05, 3.63) is 47.2 Å². The van der Waals surface area contributed by atoms with Crippen LogP contribution in [0.1, 0.15) is 28.5 Å². The molecule has 0 unspecified atom stereocenters. The molecule has 3 N–H and O–H groups in total. The van der Waals surface area contributed by atoms with E-state index in [9.17, 15) is 4.79 Å².